The highest BCUT2D eigenvalue weighted by molar-refractivity contribution is 9.10. The number of Topliss-reactive ketones (excluding diaryl/α,β-unsaturated/α-hetero) is 1. The lowest BCUT2D eigenvalue weighted by Gasteiger charge is -2.00. The molecule has 17 heavy (non-hydrogen) atoms. The predicted octanol–water partition coefficient (Wildman–Crippen LogP) is 5.14. The van der Waals surface area contributed by atoms with Crippen LogP contribution in [0.3, 0.4) is 0 Å². The number of ketones is 1. The number of carbonyl (C=O) groups excluding carboxylic acids is 1. The van der Waals surface area contributed by atoms with E-state index in [1.807, 2.05) is 24.3 Å². The first-order valence-corrected chi connectivity index (χ1v) is 7.79. The van der Waals surface area contributed by atoms with Gasteiger partial charge in [-0.1, -0.05) is 27.5 Å². The molecule has 0 aliphatic rings. The van der Waals surface area contributed by atoms with Gasteiger partial charge in [0.25, 0.3) is 0 Å². The van der Waals surface area contributed by atoms with Crippen LogP contribution in [0.15, 0.2) is 45.8 Å². The summed E-state index contributed by atoms with van der Waals surface area (Å²) in [6.45, 7) is 0. The number of thiophene rings is 1. The molecule has 0 saturated heterocycles. The Morgan fingerprint density at radius 3 is 2.53 bits per heavy atom. The Bertz CT molecular complexity index is 522. The van der Waals surface area contributed by atoms with E-state index in [0.29, 0.717) is 10.1 Å². The van der Waals surface area contributed by atoms with Crippen LogP contribution in [0.25, 0.3) is 0 Å². The number of benzene rings is 1. The van der Waals surface area contributed by atoms with E-state index >= 15 is 0 Å². The molecule has 0 amide bonds. The third-order valence-electron chi connectivity index (χ3n) is 2.03. The monoisotopic (exact) mass is 346 g/mol. The third-order valence-corrected chi connectivity index (χ3v) is 4.84. The van der Waals surface area contributed by atoms with Crippen LogP contribution in [-0.2, 0) is 0 Å². The van der Waals surface area contributed by atoms with Crippen molar-refractivity contribution in [3.63, 3.8) is 0 Å². The maximum atomic E-state index is 11.8. The molecule has 1 aromatic heterocycles. The zero-order valence-electron chi connectivity index (χ0n) is 8.65. The summed E-state index contributed by atoms with van der Waals surface area (Å²) in [5.74, 6) is 0.563. The Hall–Kier alpha value is -0.290. The summed E-state index contributed by atoms with van der Waals surface area (Å²) in [5.41, 5.74) is 0. The SMILES string of the molecule is O=C(CSc1ccc(Br)cc1)c1ccc(Cl)s1. The standard InChI is InChI=1S/C12H8BrClOS2/c13-8-1-3-9(4-2-8)16-7-10(15)11-5-6-12(14)17-11/h1-6H,7H2. The number of thioether (sulfide) groups is 1. The van der Waals surface area contributed by atoms with Crippen molar-refractivity contribution in [3.05, 3.63) is 50.1 Å². The third kappa shape index (κ3) is 3.85. The second-order valence-corrected chi connectivity index (χ2v) is 6.95. The molecule has 2 rings (SSSR count). The number of hydrogen-bond acceptors (Lipinski definition) is 3. The molecule has 0 aliphatic carbocycles. The van der Waals surface area contributed by atoms with Crippen LogP contribution in [-0.4, -0.2) is 11.5 Å². The summed E-state index contributed by atoms with van der Waals surface area (Å²) in [4.78, 5) is 13.6. The van der Waals surface area contributed by atoms with E-state index in [1.165, 1.54) is 23.1 Å². The lowest BCUT2D eigenvalue weighted by atomic mass is 10.3. The van der Waals surface area contributed by atoms with Crippen LogP contribution in [0.5, 0.6) is 0 Å². The highest BCUT2D eigenvalue weighted by Gasteiger charge is 2.09. The second-order valence-electron chi connectivity index (χ2n) is 3.27. The average Bonchev–Trinajstić information content (AvgIpc) is 2.75. The van der Waals surface area contributed by atoms with Crippen LogP contribution in [0, 0.1) is 0 Å². The van der Waals surface area contributed by atoms with Gasteiger partial charge in [0.15, 0.2) is 5.78 Å². The largest absolute Gasteiger partial charge is 0.292 e. The lowest BCUT2D eigenvalue weighted by Crippen LogP contribution is -1.98. The molecule has 0 bridgehead atoms. The van der Waals surface area contributed by atoms with Gasteiger partial charge in [0, 0.05) is 9.37 Å². The molecule has 1 heterocycles. The molecule has 0 unspecified atom stereocenters. The maximum Gasteiger partial charge on any atom is 0.183 e. The number of halogens is 2. The molecule has 1 nitrogen and oxygen atoms in total. The van der Waals surface area contributed by atoms with Gasteiger partial charge in [-0.25, -0.2) is 0 Å². The van der Waals surface area contributed by atoms with Gasteiger partial charge < -0.3 is 0 Å². The van der Waals surface area contributed by atoms with Crippen molar-refractivity contribution in [2.45, 2.75) is 4.90 Å². The van der Waals surface area contributed by atoms with Gasteiger partial charge in [-0.05, 0) is 36.4 Å². The molecule has 0 spiro atoms. The molecule has 0 radical (unpaired) electrons. The van der Waals surface area contributed by atoms with Crippen molar-refractivity contribution in [2.75, 3.05) is 5.75 Å². The number of rotatable bonds is 4. The molecule has 5 heteroatoms. The minimum atomic E-state index is 0.120. The minimum absolute atomic E-state index is 0.120. The molecular formula is C12H8BrClOS2. The molecule has 0 aliphatic heterocycles. The predicted molar refractivity (Wildman–Crippen MR) is 78.5 cm³/mol. The van der Waals surface area contributed by atoms with Crippen LogP contribution < -0.4 is 0 Å². The Kier molecular flexibility index (Phi) is 4.68. The summed E-state index contributed by atoms with van der Waals surface area (Å²) in [6, 6.07) is 11.4. The van der Waals surface area contributed by atoms with Crippen LogP contribution in [0.2, 0.25) is 4.34 Å². The fraction of sp³-hybridized carbons (Fsp3) is 0.0833. The van der Waals surface area contributed by atoms with Gasteiger partial charge in [-0.15, -0.1) is 23.1 Å². The van der Waals surface area contributed by atoms with Gasteiger partial charge in [-0.2, -0.15) is 0 Å². The topological polar surface area (TPSA) is 17.1 Å². The van der Waals surface area contributed by atoms with Crippen LogP contribution in [0.1, 0.15) is 9.67 Å². The first-order chi connectivity index (χ1) is 8.15. The Morgan fingerprint density at radius 2 is 1.94 bits per heavy atom. The molecule has 88 valence electrons. The van der Waals surface area contributed by atoms with Crippen molar-refractivity contribution in [1.29, 1.82) is 0 Å². The fourth-order valence-corrected chi connectivity index (χ4v) is 3.33. The first-order valence-electron chi connectivity index (χ1n) is 4.82. The van der Waals surface area contributed by atoms with E-state index in [9.17, 15) is 4.79 Å². The van der Waals surface area contributed by atoms with Crippen molar-refractivity contribution in [3.8, 4) is 0 Å². The van der Waals surface area contributed by atoms with E-state index < -0.39 is 0 Å². The van der Waals surface area contributed by atoms with E-state index in [-0.39, 0.29) is 5.78 Å². The van der Waals surface area contributed by atoms with Crippen LogP contribution in [0.4, 0.5) is 0 Å². The van der Waals surface area contributed by atoms with E-state index in [1.54, 1.807) is 12.1 Å². The highest BCUT2D eigenvalue weighted by atomic mass is 79.9. The lowest BCUT2D eigenvalue weighted by molar-refractivity contribution is 0.102. The molecule has 0 atom stereocenters. The summed E-state index contributed by atoms with van der Waals surface area (Å²) in [5, 5.41) is 0. The van der Waals surface area contributed by atoms with E-state index in [2.05, 4.69) is 15.9 Å². The van der Waals surface area contributed by atoms with Gasteiger partial charge in [-0.3, -0.25) is 4.79 Å². The molecule has 0 fully saturated rings. The van der Waals surface area contributed by atoms with Crippen molar-refractivity contribution in [1.82, 2.24) is 0 Å². The van der Waals surface area contributed by atoms with Crippen molar-refractivity contribution < 1.29 is 4.79 Å². The molecule has 0 N–H and O–H groups in total. The molecule has 1 aromatic carbocycles. The normalized spacial score (nSPS) is 10.5. The van der Waals surface area contributed by atoms with Gasteiger partial charge >= 0.3 is 0 Å². The molecule has 2 aromatic rings. The van der Waals surface area contributed by atoms with Gasteiger partial charge in [0.1, 0.15) is 0 Å². The Morgan fingerprint density at radius 1 is 1.24 bits per heavy atom. The minimum Gasteiger partial charge on any atom is -0.292 e. The summed E-state index contributed by atoms with van der Waals surface area (Å²) in [7, 11) is 0. The Labute approximate surface area is 121 Å². The van der Waals surface area contributed by atoms with E-state index in [0.717, 1.165) is 14.2 Å². The van der Waals surface area contributed by atoms with E-state index in [4.69, 9.17) is 11.6 Å². The zero-order valence-corrected chi connectivity index (χ0v) is 12.6. The fourth-order valence-electron chi connectivity index (χ4n) is 1.21. The summed E-state index contributed by atoms with van der Waals surface area (Å²) >= 11 is 12.0. The highest BCUT2D eigenvalue weighted by Crippen LogP contribution is 2.25. The van der Waals surface area contributed by atoms with Crippen molar-refractivity contribution in [2.24, 2.45) is 0 Å². The molecular weight excluding hydrogens is 340 g/mol. The average molecular weight is 348 g/mol. The maximum absolute atomic E-state index is 11.8. The second kappa shape index (κ2) is 6.05. The van der Waals surface area contributed by atoms with Crippen molar-refractivity contribution >= 4 is 56.4 Å². The first kappa shape index (κ1) is 13.1. The van der Waals surface area contributed by atoms with Crippen LogP contribution >= 0.6 is 50.6 Å². The van der Waals surface area contributed by atoms with Gasteiger partial charge in [0.05, 0.1) is 15.0 Å². The summed E-state index contributed by atoms with van der Waals surface area (Å²) < 4.78 is 1.69. The molecule has 0 saturated carbocycles. The summed E-state index contributed by atoms with van der Waals surface area (Å²) in [6.07, 6.45) is 0. The smallest absolute Gasteiger partial charge is 0.183 e. The Balaban J connectivity index is 1.94. The number of carbonyl (C=O) groups is 1. The number of hydrogen-bond donors (Lipinski definition) is 0. The quantitative estimate of drug-likeness (QED) is 0.563. The van der Waals surface area contributed by atoms with Gasteiger partial charge in [0.2, 0.25) is 0 Å². The zero-order chi connectivity index (χ0) is 12.3.